The first-order chi connectivity index (χ1) is 16.5. The van der Waals surface area contributed by atoms with Gasteiger partial charge in [0, 0.05) is 19.2 Å². The molecule has 1 saturated heterocycles. The van der Waals surface area contributed by atoms with Gasteiger partial charge in [0.25, 0.3) is 0 Å². The fraction of sp³-hybridized carbons (Fsp3) is 0.480. The van der Waals surface area contributed by atoms with Crippen molar-refractivity contribution in [2.75, 3.05) is 13.2 Å². The van der Waals surface area contributed by atoms with Crippen molar-refractivity contribution in [2.24, 2.45) is 0 Å². The van der Waals surface area contributed by atoms with Crippen LogP contribution in [0.4, 0.5) is 4.39 Å². The third-order valence-corrected chi connectivity index (χ3v) is 6.33. The van der Waals surface area contributed by atoms with Crippen LogP contribution < -0.4 is 10.6 Å². The lowest BCUT2D eigenvalue weighted by molar-refractivity contribution is -0.151. The van der Waals surface area contributed by atoms with Crippen LogP contribution in [0.2, 0.25) is 0 Å². The first-order valence-electron chi connectivity index (χ1n) is 11.8. The van der Waals surface area contributed by atoms with Crippen LogP contribution in [0.1, 0.15) is 55.9 Å². The molecule has 0 unspecified atom stereocenters. The summed E-state index contributed by atoms with van der Waals surface area (Å²) in [7, 11) is 0. The molecule has 0 spiro atoms. The molecule has 4 rings (SSSR count). The lowest BCUT2D eigenvalue weighted by atomic mass is 10.0. The van der Waals surface area contributed by atoms with Gasteiger partial charge in [-0.25, -0.2) is 4.39 Å². The molecule has 0 bridgehead atoms. The van der Waals surface area contributed by atoms with E-state index >= 15 is 0 Å². The van der Waals surface area contributed by atoms with E-state index in [4.69, 9.17) is 9.15 Å². The van der Waals surface area contributed by atoms with Crippen LogP contribution in [0.5, 0.6) is 0 Å². The Labute approximate surface area is 197 Å². The van der Waals surface area contributed by atoms with E-state index < -0.39 is 29.6 Å². The molecule has 2 atom stereocenters. The van der Waals surface area contributed by atoms with Crippen molar-refractivity contribution in [3.05, 3.63) is 59.8 Å². The third-order valence-electron chi connectivity index (χ3n) is 6.33. The lowest BCUT2D eigenvalue weighted by Crippen LogP contribution is -2.50. The van der Waals surface area contributed by atoms with Gasteiger partial charge in [-0.1, -0.05) is 25.0 Å². The largest absolute Gasteiger partial charge is 0.467 e. The predicted octanol–water partition coefficient (Wildman–Crippen LogP) is 2.84. The van der Waals surface area contributed by atoms with Gasteiger partial charge in [-0.2, -0.15) is 0 Å². The average molecular weight is 472 g/mol. The maximum absolute atomic E-state index is 13.6. The maximum Gasteiger partial charge on any atom is 0.313 e. The van der Waals surface area contributed by atoms with Crippen LogP contribution in [0.3, 0.4) is 0 Å². The number of hydrogen-bond acceptors (Lipinski definition) is 5. The molecule has 2 aliphatic rings. The van der Waals surface area contributed by atoms with Crippen molar-refractivity contribution >= 4 is 17.7 Å². The van der Waals surface area contributed by atoms with Gasteiger partial charge < -0.3 is 24.7 Å². The summed E-state index contributed by atoms with van der Waals surface area (Å²) in [5.41, 5.74) is 0.389. The van der Waals surface area contributed by atoms with Gasteiger partial charge in [-0.3, -0.25) is 14.4 Å². The second-order valence-corrected chi connectivity index (χ2v) is 8.80. The first-order valence-corrected chi connectivity index (χ1v) is 11.8. The number of carbonyl (C=O) groups excluding carboxylic acids is 3. The molecule has 1 aliphatic heterocycles. The number of furan rings is 1. The average Bonchev–Trinajstić information content (AvgIpc) is 3.62. The summed E-state index contributed by atoms with van der Waals surface area (Å²) in [6.07, 6.45) is 6.75. The molecule has 1 aromatic heterocycles. The molecule has 182 valence electrons. The fourth-order valence-corrected chi connectivity index (χ4v) is 4.53. The van der Waals surface area contributed by atoms with Crippen molar-refractivity contribution < 1.29 is 27.9 Å². The van der Waals surface area contributed by atoms with E-state index in [0.717, 1.165) is 38.5 Å². The number of carbonyl (C=O) groups is 3. The van der Waals surface area contributed by atoms with Gasteiger partial charge in [-0.15, -0.1) is 0 Å². The predicted molar refractivity (Wildman–Crippen MR) is 121 cm³/mol. The van der Waals surface area contributed by atoms with Crippen LogP contribution in [0, 0.1) is 5.82 Å². The minimum absolute atomic E-state index is 0.0560. The first kappa shape index (κ1) is 23.9. The highest BCUT2D eigenvalue weighted by atomic mass is 19.1. The fourth-order valence-electron chi connectivity index (χ4n) is 4.53. The lowest BCUT2D eigenvalue weighted by Gasteiger charge is -2.31. The zero-order valence-corrected chi connectivity index (χ0v) is 19.0. The molecule has 9 heteroatoms. The molecular weight excluding hydrogens is 441 g/mol. The van der Waals surface area contributed by atoms with E-state index in [1.807, 2.05) is 0 Å². The van der Waals surface area contributed by atoms with Gasteiger partial charge in [0.05, 0.1) is 18.9 Å². The van der Waals surface area contributed by atoms with E-state index in [0.29, 0.717) is 17.9 Å². The van der Waals surface area contributed by atoms with E-state index in [1.54, 1.807) is 12.1 Å². The Morgan fingerprint density at radius 2 is 1.82 bits per heavy atom. The summed E-state index contributed by atoms with van der Waals surface area (Å²) in [5.74, 6) is -2.13. The third kappa shape index (κ3) is 6.02. The van der Waals surface area contributed by atoms with E-state index in [-0.39, 0.29) is 25.2 Å². The second kappa shape index (κ2) is 11.3. The molecule has 2 N–H and O–H groups in total. The molecule has 1 aromatic carbocycles. The Bertz CT molecular complexity index is 967. The molecule has 34 heavy (non-hydrogen) atoms. The monoisotopic (exact) mass is 471 g/mol. The topological polar surface area (TPSA) is 101 Å². The maximum atomic E-state index is 13.6. The highest BCUT2D eigenvalue weighted by Crippen LogP contribution is 2.25. The number of benzene rings is 1. The number of ether oxygens (including phenoxy) is 1. The molecule has 8 nitrogen and oxygen atoms in total. The number of nitrogens with one attached hydrogen (secondary N) is 2. The van der Waals surface area contributed by atoms with Gasteiger partial charge in [0.15, 0.2) is 0 Å². The number of nitrogens with zero attached hydrogens (tertiary/aromatic N) is 1. The Morgan fingerprint density at radius 1 is 1.06 bits per heavy atom. The number of halogens is 1. The number of rotatable bonds is 8. The Kier molecular flexibility index (Phi) is 7.95. The molecular formula is C25H30FN3O5. The number of amides is 3. The second-order valence-electron chi connectivity index (χ2n) is 8.80. The Hall–Kier alpha value is -3.20. The van der Waals surface area contributed by atoms with E-state index in [2.05, 4.69) is 10.6 Å². The molecule has 1 saturated carbocycles. The van der Waals surface area contributed by atoms with Crippen molar-refractivity contribution in [1.29, 1.82) is 0 Å². The number of hydrogen-bond donors (Lipinski definition) is 2. The van der Waals surface area contributed by atoms with Gasteiger partial charge in [0.2, 0.25) is 5.91 Å². The summed E-state index contributed by atoms with van der Waals surface area (Å²) in [6, 6.07) is 7.47. The van der Waals surface area contributed by atoms with Crippen molar-refractivity contribution in [1.82, 2.24) is 15.5 Å². The van der Waals surface area contributed by atoms with Crippen LogP contribution in [-0.4, -0.2) is 47.9 Å². The zero-order chi connectivity index (χ0) is 23.9. The normalized spacial score (nSPS) is 19.0. The van der Waals surface area contributed by atoms with Crippen molar-refractivity contribution in [2.45, 2.75) is 63.3 Å². The van der Waals surface area contributed by atoms with Gasteiger partial charge >= 0.3 is 11.8 Å². The highest BCUT2D eigenvalue weighted by molar-refractivity contribution is 6.35. The Morgan fingerprint density at radius 3 is 2.47 bits per heavy atom. The smallest absolute Gasteiger partial charge is 0.313 e. The summed E-state index contributed by atoms with van der Waals surface area (Å²) in [6.45, 7) is 0.833. The SMILES string of the molecule is O=C(NC1CCCC1)C(=O)N(Cc1ccco1)[C@H](C(=O)NC[C@@H]1CCCO1)c1ccc(F)cc1. The van der Waals surface area contributed by atoms with Gasteiger partial charge in [0.1, 0.15) is 17.6 Å². The standard InChI is InChI=1S/C25H30FN3O5/c26-18-11-9-17(10-12-18)22(23(30)27-15-20-7-3-13-33-20)29(16-21-8-4-14-34-21)25(32)24(31)28-19-5-1-2-6-19/h4,8-12,14,19-20,22H,1-3,5-7,13,15-16H2,(H,27,30)(H,28,31)/t20-,22-/m0/s1. The summed E-state index contributed by atoms with van der Waals surface area (Å²) >= 11 is 0. The minimum Gasteiger partial charge on any atom is -0.467 e. The minimum atomic E-state index is -1.16. The summed E-state index contributed by atoms with van der Waals surface area (Å²) in [5, 5.41) is 5.65. The van der Waals surface area contributed by atoms with Crippen LogP contribution in [0.15, 0.2) is 47.1 Å². The van der Waals surface area contributed by atoms with Gasteiger partial charge in [-0.05, 0) is 55.5 Å². The molecule has 0 radical (unpaired) electrons. The molecule has 3 amide bonds. The van der Waals surface area contributed by atoms with E-state index in [9.17, 15) is 18.8 Å². The van der Waals surface area contributed by atoms with Crippen molar-refractivity contribution in [3.8, 4) is 0 Å². The summed E-state index contributed by atoms with van der Waals surface area (Å²) < 4.78 is 24.6. The van der Waals surface area contributed by atoms with Crippen LogP contribution in [-0.2, 0) is 25.7 Å². The molecule has 2 heterocycles. The molecule has 1 aliphatic carbocycles. The highest BCUT2D eigenvalue weighted by Gasteiger charge is 2.36. The molecule has 2 fully saturated rings. The van der Waals surface area contributed by atoms with E-state index in [1.165, 1.54) is 35.4 Å². The van der Waals surface area contributed by atoms with Crippen LogP contribution in [0.25, 0.3) is 0 Å². The zero-order valence-electron chi connectivity index (χ0n) is 19.0. The molecule has 2 aromatic rings. The quantitative estimate of drug-likeness (QED) is 0.577. The summed E-state index contributed by atoms with van der Waals surface area (Å²) in [4.78, 5) is 40.9. The Balaban J connectivity index is 1.61. The van der Waals surface area contributed by atoms with Crippen LogP contribution >= 0.6 is 0 Å². The van der Waals surface area contributed by atoms with Crippen molar-refractivity contribution in [3.63, 3.8) is 0 Å².